The van der Waals surface area contributed by atoms with Gasteiger partial charge < -0.3 is 0 Å². The first-order chi connectivity index (χ1) is 19.3. The number of fused-ring (bicyclic) bond motifs is 9. The summed E-state index contributed by atoms with van der Waals surface area (Å²) in [5.41, 5.74) is 5.34. The second kappa shape index (κ2) is 7.96. The van der Waals surface area contributed by atoms with Crippen molar-refractivity contribution in [2.45, 2.75) is 0 Å². The molecule has 182 valence electrons. The molecule has 0 amide bonds. The SMILES string of the molecule is c1ccc(-c2nc(-n3c4ccccc4c4cc5c(cc43)sc3ccccc35)nc3c2sc2ccccc23)cc1. The Bertz CT molecular complexity index is 2390. The number of nitrogens with zero attached hydrogens (tertiary/aromatic N) is 3. The summed E-state index contributed by atoms with van der Waals surface area (Å²) in [4.78, 5) is 10.6. The Labute approximate surface area is 231 Å². The van der Waals surface area contributed by atoms with Crippen LogP contribution in [0.4, 0.5) is 0 Å². The molecular weight excluding hydrogens is 515 g/mol. The molecule has 0 radical (unpaired) electrons. The second-order valence-electron chi connectivity index (χ2n) is 9.83. The molecular formula is C34H19N3S2. The van der Waals surface area contributed by atoms with Crippen molar-refractivity contribution in [3.05, 3.63) is 115 Å². The average Bonchev–Trinajstić information content (AvgIpc) is 3.65. The van der Waals surface area contributed by atoms with Gasteiger partial charge in [-0.05, 0) is 30.3 Å². The quantitative estimate of drug-likeness (QED) is 0.221. The van der Waals surface area contributed by atoms with Crippen molar-refractivity contribution in [1.29, 1.82) is 0 Å². The summed E-state index contributed by atoms with van der Waals surface area (Å²) in [6.45, 7) is 0. The molecule has 0 saturated carbocycles. The van der Waals surface area contributed by atoms with Gasteiger partial charge in [-0.2, -0.15) is 0 Å². The monoisotopic (exact) mass is 533 g/mol. The van der Waals surface area contributed by atoms with E-state index in [4.69, 9.17) is 9.97 Å². The van der Waals surface area contributed by atoms with Gasteiger partial charge in [0.15, 0.2) is 0 Å². The fourth-order valence-corrected chi connectivity index (χ4v) is 8.15. The van der Waals surface area contributed by atoms with E-state index in [0.717, 1.165) is 32.5 Å². The fourth-order valence-electron chi connectivity index (χ4n) is 5.87. The van der Waals surface area contributed by atoms with Gasteiger partial charge >= 0.3 is 0 Å². The molecule has 0 aliphatic heterocycles. The van der Waals surface area contributed by atoms with Crippen LogP contribution in [0, 0.1) is 0 Å². The van der Waals surface area contributed by atoms with Crippen LogP contribution >= 0.6 is 22.7 Å². The summed E-state index contributed by atoms with van der Waals surface area (Å²) >= 11 is 3.61. The number of benzene rings is 5. The Balaban J connectivity index is 1.45. The highest BCUT2D eigenvalue weighted by molar-refractivity contribution is 7.26. The molecule has 0 N–H and O–H groups in total. The van der Waals surface area contributed by atoms with Gasteiger partial charge in [-0.1, -0.05) is 84.9 Å². The minimum absolute atomic E-state index is 0.705. The zero-order valence-electron chi connectivity index (χ0n) is 20.6. The predicted molar refractivity (Wildman–Crippen MR) is 168 cm³/mol. The topological polar surface area (TPSA) is 30.7 Å². The zero-order chi connectivity index (χ0) is 25.5. The van der Waals surface area contributed by atoms with Crippen LogP contribution in [0.3, 0.4) is 0 Å². The third-order valence-electron chi connectivity index (χ3n) is 7.63. The van der Waals surface area contributed by atoms with Crippen LogP contribution in [-0.2, 0) is 0 Å². The van der Waals surface area contributed by atoms with Gasteiger partial charge in [0.05, 0.1) is 26.9 Å². The molecule has 0 atom stereocenters. The van der Waals surface area contributed by atoms with E-state index in [-0.39, 0.29) is 0 Å². The van der Waals surface area contributed by atoms with Crippen LogP contribution in [0.15, 0.2) is 115 Å². The minimum atomic E-state index is 0.705. The molecule has 0 aliphatic rings. The van der Waals surface area contributed by atoms with Crippen molar-refractivity contribution in [2.24, 2.45) is 0 Å². The summed E-state index contributed by atoms with van der Waals surface area (Å²) < 4.78 is 7.19. The maximum Gasteiger partial charge on any atom is 0.235 e. The Kier molecular flexibility index (Phi) is 4.36. The van der Waals surface area contributed by atoms with E-state index in [0.29, 0.717) is 5.95 Å². The highest BCUT2D eigenvalue weighted by atomic mass is 32.1. The van der Waals surface area contributed by atoms with Crippen LogP contribution in [0.1, 0.15) is 0 Å². The van der Waals surface area contributed by atoms with Crippen molar-refractivity contribution in [2.75, 3.05) is 0 Å². The first kappa shape index (κ1) is 21.4. The molecule has 0 bridgehead atoms. The zero-order valence-corrected chi connectivity index (χ0v) is 22.3. The van der Waals surface area contributed by atoms with E-state index in [1.165, 1.54) is 41.0 Å². The summed E-state index contributed by atoms with van der Waals surface area (Å²) in [6, 6.07) is 41.0. The predicted octanol–water partition coefficient (Wildman–Crippen LogP) is 9.98. The fraction of sp³-hybridized carbons (Fsp3) is 0. The van der Waals surface area contributed by atoms with E-state index < -0.39 is 0 Å². The van der Waals surface area contributed by atoms with E-state index in [9.17, 15) is 0 Å². The lowest BCUT2D eigenvalue weighted by Gasteiger charge is -2.10. The van der Waals surface area contributed by atoms with Crippen molar-refractivity contribution >= 4 is 85.0 Å². The normalized spacial score (nSPS) is 12.1. The third kappa shape index (κ3) is 3.03. The highest BCUT2D eigenvalue weighted by Crippen LogP contribution is 2.42. The molecule has 9 rings (SSSR count). The summed E-state index contributed by atoms with van der Waals surface area (Å²) in [7, 11) is 0. The van der Waals surface area contributed by atoms with Crippen molar-refractivity contribution in [3.8, 4) is 17.2 Å². The molecule has 5 heteroatoms. The average molecular weight is 534 g/mol. The van der Waals surface area contributed by atoms with Gasteiger partial charge in [0.2, 0.25) is 5.95 Å². The Hall–Kier alpha value is -4.58. The van der Waals surface area contributed by atoms with Crippen LogP contribution in [0.25, 0.3) is 79.5 Å². The standard InChI is InChI=1S/C34H19N3S2/c1-2-10-20(11-3-1)31-33-32(23-14-6-9-17-29(23)39-33)36-34(35-31)37-26-15-7-4-12-21(26)24-18-25-22-13-5-8-16-28(22)38-30(25)19-27(24)37/h1-19H. The van der Waals surface area contributed by atoms with Crippen molar-refractivity contribution in [1.82, 2.24) is 14.5 Å². The Morgan fingerprint density at radius 3 is 2.03 bits per heavy atom. The smallest absolute Gasteiger partial charge is 0.235 e. The first-order valence-electron chi connectivity index (χ1n) is 12.9. The van der Waals surface area contributed by atoms with E-state index >= 15 is 0 Å². The van der Waals surface area contributed by atoms with Crippen LogP contribution in [0.5, 0.6) is 0 Å². The van der Waals surface area contributed by atoms with Gasteiger partial charge in [0.25, 0.3) is 0 Å². The number of rotatable bonds is 2. The molecule has 0 saturated heterocycles. The van der Waals surface area contributed by atoms with E-state index in [2.05, 4.69) is 120 Å². The number of hydrogen-bond acceptors (Lipinski definition) is 4. The van der Waals surface area contributed by atoms with Crippen molar-refractivity contribution in [3.63, 3.8) is 0 Å². The van der Waals surface area contributed by atoms with Gasteiger partial charge in [-0.3, -0.25) is 4.57 Å². The van der Waals surface area contributed by atoms with Crippen molar-refractivity contribution < 1.29 is 0 Å². The van der Waals surface area contributed by atoms with Gasteiger partial charge in [-0.15, -0.1) is 22.7 Å². The number of hydrogen-bond donors (Lipinski definition) is 0. The lowest BCUT2D eigenvalue weighted by Crippen LogP contribution is -2.02. The summed E-state index contributed by atoms with van der Waals surface area (Å²) in [5.74, 6) is 0.705. The molecule has 0 fully saturated rings. The number of aromatic nitrogens is 3. The maximum absolute atomic E-state index is 5.30. The van der Waals surface area contributed by atoms with Crippen LogP contribution in [-0.4, -0.2) is 14.5 Å². The van der Waals surface area contributed by atoms with Gasteiger partial charge in [-0.25, -0.2) is 9.97 Å². The lowest BCUT2D eigenvalue weighted by atomic mass is 10.1. The molecule has 9 aromatic rings. The summed E-state index contributed by atoms with van der Waals surface area (Å²) in [5, 5.41) is 6.22. The molecule has 0 aliphatic carbocycles. The minimum Gasteiger partial charge on any atom is -0.278 e. The van der Waals surface area contributed by atoms with E-state index in [1.807, 2.05) is 11.3 Å². The number of para-hydroxylation sites is 1. The maximum atomic E-state index is 5.30. The van der Waals surface area contributed by atoms with E-state index in [1.54, 1.807) is 11.3 Å². The molecule has 0 spiro atoms. The Morgan fingerprint density at radius 2 is 1.18 bits per heavy atom. The largest absolute Gasteiger partial charge is 0.278 e. The summed E-state index contributed by atoms with van der Waals surface area (Å²) in [6.07, 6.45) is 0. The van der Waals surface area contributed by atoms with Gasteiger partial charge in [0, 0.05) is 46.6 Å². The third-order valence-corrected chi connectivity index (χ3v) is 9.93. The molecule has 4 aromatic heterocycles. The first-order valence-corrected chi connectivity index (χ1v) is 14.6. The molecule has 5 aromatic carbocycles. The molecule has 3 nitrogen and oxygen atoms in total. The molecule has 4 heterocycles. The second-order valence-corrected chi connectivity index (χ2v) is 12.0. The highest BCUT2D eigenvalue weighted by Gasteiger charge is 2.20. The Morgan fingerprint density at radius 1 is 0.487 bits per heavy atom. The van der Waals surface area contributed by atoms with Gasteiger partial charge in [0.1, 0.15) is 0 Å². The van der Waals surface area contributed by atoms with Crippen LogP contribution < -0.4 is 0 Å². The molecule has 0 unspecified atom stereocenters. The number of thiophene rings is 2. The lowest BCUT2D eigenvalue weighted by molar-refractivity contribution is 1.02. The van der Waals surface area contributed by atoms with Crippen LogP contribution in [0.2, 0.25) is 0 Å². The molecule has 39 heavy (non-hydrogen) atoms.